The van der Waals surface area contributed by atoms with Crippen molar-refractivity contribution in [3.8, 4) is 5.69 Å². The van der Waals surface area contributed by atoms with Crippen molar-refractivity contribution < 1.29 is 4.79 Å². The van der Waals surface area contributed by atoms with Gasteiger partial charge in [0, 0.05) is 18.8 Å². The second-order valence-corrected chi connectivity index (χ2v) is 7.47. The second-order valence-electron chi connectivity index (χ2n) is 7.47. The van der Waals surface area contributed by atoms with E-state index in [2.05, 4.69) is 25.6 Å². The molecule has 1 aliphatic carbocycles. The predicted octanol–water partition coefficient (Wildman–Crippen LogP) is 3.11. The molecule has 1 amide bonds. The number of hydrogen-bond donors (Lipinski definition) is 1. The molecule has 5 rings (SSSR count). The molecule has 29 heavy (non-hydrogen) atoms. The highest BCUT2D eigenvalue weighted by Gasteiger charge is 2.24. The normalized spacial score (nSPS) is 13.7. The summed E-state index contributed by atoms with van der Waals surface area (Å²) < 4.78 is 1.81. The highest BCUT2D eigenvalue weighted by Crippen LogP contribution is 2.32. The van der Waals surface area contributed by atoms with Gasteiger partial charge in [-0.2, -0.15) is 20.1 Å². The maximum Gasteiger partial charge on any atom is 0.225 e. The van der Waals surface area contributed by atoms with Crippen LogP contribution in [0.5, 0.6) is 0 Å². The van der Waals surface area contributed by atoms with Gasteiger partial charge in [0.1, 0.15) is 11.5 Å². The minimum absolute atomic E-state index is 0.0156. The molecule has 1 aromatic carbocycles. The van der Waals surface area contributed by atoms with Crippen molar-refractivity contribution in [3.05, 3.63) is 60.2 Å². The van der Waals surface area contributed by atoms with E-state index in [1.165, 1.54) is 0 Å². The Morgan fingerprint density at radius 1 is 1.14 bits per heavy atom. The van der Waals surface area contributed by atoms with Crippen LogP contribution in [0.3, 0.4) is 0 Å². The fourth-order valence-electron chi connectivity index (χ4n) is 3.33. The van der Waals surface area contributed by atoms with Crippen LogP contribution in [0.2, 0.25) is 0 Å². The van der Waals surface area contributed by atoms with Gasteiger partial charge in [0.15, 0.2) is 0 Å². The topological polar surface area (TPSA) is 90.5 Å². The number of pyridine rings is 1. The first-order chi connectivity index (χ1) is 14.2. The highest BCUT2D eigenvalue weighted by molar-refractivity contribution is 5.99. The number of rotatable bonds is 6. The van der Waals surface area contributed by atoms with Gasteiger partial charge in [-0.05, 0) is 43.9 Å². The van der Waals surface area contributed by atoms with E-state index in [1.807, 2.05) is 54.2 Å². The number of carbonyl (C=O) groups excluding carboxylic acids is 1. The molecule has 0 atom stereocenters. The summed E-state index contributed by atoms with van der Waals surface area (Å²) >= 11 is 0. The molecular weight excluding hydrogens is 366 g/mol. The Balaban J connectivity index is 1.39. The number of carbonyl (C=O) groups is 1. The standard InChI is InChI=1S/C21H21N7O/c1-14-19(26-28(24-14)16-5-3-2-4-6-16)13-27-12-17-18(25-27)9-10-22-21(17)23-20(29)11-15-7-8-15/h2-6,9-10,12,15H,7-8,11,13H2,1H3,(H,22,23,29). The maximum atomic E-state index is 12.2. The summed E-state index contributed by atoms with van der Waals surface area (Å²) in [6.45, 7) is 2.43. The van der Waals surface area contributed by atoms with Gasteiger partial charge in [0.05, 0.1) is 28.8 Å². The van der Waals surface area contributed by atoms with Gasteiger partial charge in [-0.1, -0.05) is 18.2 Å². The zero-order valence-corrected chi connectivity index (χ0v) is 16.1. The maximum absolute atomic E-state index is 12.2. The van der Waals surface area contributed by atoms with Crippen molar-refractivity contribution in [1.29, 1.82) is 0 Å². The first kappa shape index (κ1) is 17.5. The summed E-state index contributed by atoms with van der Waals surface area (Å²) in [4.78, 5) is 18.2. The fraction of sp³-hybridized carbons (Fsp3) is 0.286. The number of nitrogens with one attached hydrogen (secondary N) is 1. The molecule has 1 aliphatic rings. The molecule has 3 aromatic heterocycles. The summed E-state index contributed by atoms with van der Waals surface area (Å²) in [7, 11) is 0. The van der Waals surface area contributed by atoms with Crippen molar-refractivity contribution in [1.82, 2.24) is 29.8 Å². The highest BCUT2D eigenvalue weighted by atomic mass is 16.1. The zero-order chi connectivity index (χ0) is 19.8. The van der Waals surface area contributed by atoms with Gasteiger partial charge >= 0.3 is 0 Å². The van der Waals surface area contributed by atoms with Gasteiger partial charge in [0.2, 0.25) is 5.91 Å². The van der Waals surface area contributed by atoms with E-state index in [0.717, 1.165) is 40.8 Å². The van der Waals surface area contributed by atoms with Crippen LogP contribution in [0.15, 0.2) is 48.8 Å². The van der Waals surface area contributed by atoms with Crippen LogP contribution >= 0.6 is 0 Å². The average molecular weight is 387 g/mol. The third-order valence-corrected chi connectivity index (χ3v) is 5.09. The summed E-state index contributed by atoms with van der Waals surface area (Å²) in [6, 6.07) is 11.7. The number of nitrogens with zero attached hydrogens (tertiary/aromatic N) is 6. The van der Waals surface area contributed by atoms with Crippen molar-refractivity contribution in [2.24, 2.45) is 5.92 Å². The van der Waals surface area contributed by atoms with E-state index < -0.39 is 0 Å². The number of benzene rings is 1. The number of aromatic nitrogens is 6. The third kappa shape index (κ3) is 3.73. The molecule has 8 nitrogen and oxygen atoms in total. The second kappa shape index (κ2) is 7.12. The molecule has 0 unspecified atom stereocenters. The fourth-order valence-corrected chi connectivity index (χ4v) is 3.33. The summed E-state index contributed by atoms with van der Waals surface area (Å²) in [5.41, 5.74) is 3.39. The van der Waals surface area contributed by atoms with Crippen molar-refractivity contribution in [2.45, 2.75) is 32.7 Å². The number of amides is 1. The zero-order valence-electron chi connectivity index (χ0n) is 16.1. The lowest BCUT2D eigenvalue weighted by molar-refractivity contribution is -0.116. The first-order valence-corrected chi connectivity index (χ1v) is 9.76. The van der Waals surface area contributed by atoms with E-state index in [4.69, 9.17) is 0 Å². The van der Waals surface area contributed by atoms with Crippen LogP contribution in [-0.4, -0.2) is 35.7 Å². The molecule has 0 aliphatic heterocycles. The summed E-state index contributed by atoms with van der Waals surface area (Å²) in [5, 5.41) is 17.5. The SMILES string of the molecule is Cc1nn(-c2ccccc2)nc1Cn1cc2c(NC(=O)CC3CC3)nccc2n1. The van der Waals surface area contributed by atoms with Gasteiger partial charge in [-0.15, -0.1) is 0 Å². The largest absolute Gasteiger partial charge is 0.310 e. The van der Waals surface area contributed by atoms with E-state index in [0.29, 0.717) is 24.7 Å². The van der Waals surface area contributed by atoms with Crippen LogP contribution in [0.4, 0.5) is 5.82 Å². The quantitative estimate of drug-likeness (QED) is 0.549. The Hall–Kier alpha value is -3.55. The predicted molar refractivity (Wildman–Crippen MR) is 109 cm³/mol. The Labute approximate surface area is 167 Å². The van der Waals surface area contributed by atoms with Crippen LogP contribution in [0, 0.1) is 12.8 Å². The van der Waals surface area contributed by atoms with Gasteiger partial charge in [-0.25, -0.2) is 4.98 Å². The molecule has 0 radical (unpaired) electrons. The number of aryl methyl sites for hydroxylation is 1. The lowest BCUT2D eigenvalue weighted by Crippen LogP contribution is -2.13. The minimum Gasteiger partial charge on any atom is -0.310 e. The molecule has 1 saturated carbocycles. The molecule has 1 fully saturated rings. The Kier molecular flexibility index (Phi) is 4.31. The summed E-state index contributed by atoms with van der Waals surface area (Å²) in [5.74, 6) is 1.11. The monoisotopic (exact) mass is 387 g/mol. The third-order valence-electron chi connectivity index (χ3n) is 5.09. The average Bonchev–Trinajstić information content (AvgIpc) is 3.30. The van der Waals surface area contributed by atoms with E-state index in [9.17, 15) is 4.79 Å². The lowest BCUT2D eigenvalue weighted by atomic mass is 10.2. The number of para-hydroxylation sites is 1. The molecule has 146 valence electrons. The van der Waals surface area contributed by atoms with Crippen molar-refractivity contribution in [3.63, 3.8) is 0 Å². The van der Waals surface area contributed by atoms with Crippen molar-refractivity contribution in [2.75, 3.05) is 5.32 Å². The van der Waals surface area contributed by atoms with Crippen LogP contribution in [-0.2, 0) is 11.3 Å². The van der Waals surface area contributed by atoms with E-state index >= 15 is 0 Å². The molecule has 0 bridgehead atoms. The van der Waals surface area contributed by atoms with Crippen LogP contribution in [0.25, 0.3) is 16.6 Å². The minimum atomic E-state index is 0.0156. The number of anilines is 1. The van der Waals surface area contributed by atoms with Crippen LogP contribution < -0.4 is 5.32 Å². The molecular formula is C21H21N7O. The van der Waals surface area contributed by atoms with Crippen molar-refractivity contribution >= 4 is 22.6 Å². The molecule has 8 heteroatoms. The number of hydrogen-bond acceptors (Lipinski definition) is 5. The lowest BCUT2D eigenvalue weighted by Gasteiger charge is -2.04. The Morgan fingerprint density at radius 3 is 2.76 bits per heavy atom. The Bertz CT molecular complexity index is 1170. The molecule has 3 heterocycles. The van der Waals surface area contributed by atoms with E-state index in [1.54, 1.807) is 11.0 Å². The summed E-state index contributed by atoms with van der Waals surface area (Å²) in [6.07, 6.45) is 6.42. The molecule has 1 N–H and O–H groups in total. The Morgan fingerprint density at radius 2 is 1.97 bits per heavy atom. The first-order valence-electron chi connectivity index (χ1n) is 9.76. The molecule has 0 spiro atoms. The van der Waals surface area contributed by atoms with Gasteiger partial charge < -0.3 is 5.32 Å². The molecule has 4 aromatic rings. The van der Waals surface area contributed by atoms with Crippen LogP contribution in [0.1, 0.15) is 30.7 Å². The smallest absolute Gasteiger partial charge is 0.225 e. The van der Waals surface area contributed by atoms with Gasteiger partial charge in [0.25, 0.3) is 0 Å². The van der Waals surface area contributed by atoms with Gasteiger partial charge in [-0.3, -0.25) is 9.48 Å². The molecule has 0 saturated heterocycles. The van der Waals surface area contributed by atoms with E-state index in [-0.39, 0.29) is 5.91 Å². The number of fused-ring (bicyclic) bond motifs is 1.